The molecule has 1 fully saturated rings. The van der Waals surface area contributed by atoms with Gasteiger partial charge in [0.25, 0.3) is 5.91 Å². The average molecular weight is 341 g/mol. The smallest absolute Gasteiger partial charge is 0.254 e. The number of amides is 1. The molecule has 3 aromatic rings. The third-order valence-electron chi connectivity index (χ3n) is 4.38. The molecule has 1 atom stereocenters. The number of aromatic amines is 1. The van der Waals surface area contributed by atoms with Crippen molar-refractivity contribution >= 4 is 16.9 Å². The molecular formula is C16H19N7O2. The second-order valence-corrected chi connectivity index (χ2v) is 6.02. The van der Waals surface area contributed by atoms with Crippen LogP contribution in [0.1, 0.15) is 35.0 Å². The molecule has 1 aromatic carbocycles. The van der Waals surface area contributed by atoms with E-state index in [0.29, 0.717) is 36.6 Å². The Balaban J connectivity index is 1.54. The highest BCUT2D eigenvalue weighted by atomic mass is 16.5. The first-order valence-corrected chi connectivity index (χ1v) is 8.27. The van der Waals surface area contributed by atoms with E-state index in [1.807, 2.05) is 20.0 Å². The lowest BCUT2D eigenvalue weighted by molar-refractivity contribution is -0.0266. The molecule has 25 heavy (non-hydrogen) atoms. The van der Waals surface area contributed by atoms with Crippen LogP contribution in [0.4, 0.5) is 0 Å². The Bertz CT molecular complexity index is 916. The van der Waals surface area contributed by atoms with Gasteiger partial charge in [0, 0.05) is 25.6 Å². The fourth-order valence-corrected chi connectivity index (χ4v) is 2.96. The Morgan fingerprint density at radius 1 is 1.44 bits per heavy atom. The maximum atomic E-state index is 12.9. The van der Waals surface area contributed by atoms with Gasteiger partial charge in [-0.05, 0) is 18.2 Å². The first-order valence-electron chi connectivity index (χ1n) is 8.27. The summed E-state index contributed by atoms with van der Waals surface area (Å²) in [5.74, 6) is 1.36. The molecule has 0 bridgehead atoms. The summed E-state index contributed by atoms with van der Waals surface area (Å²) in [4.78, 5) is 19.0. The molecule has 9 nitrogen and oxygen atoms in total. The number of aromatic nitrogens is 6. The summed E-state index contributed by atoms with van der Waals surface area (Å²) >= 11 is 0. The number of morpholine rings is 1. The number of hydrogen-bond acceptors (Lipinski definition) is 6. The Morgan fingerprint density at radius 2 is 2.32 bits per heavy atom. The van der Waals surface area contributed by atoms with Gasteiger partial charge in [-0.2, -0.15) is 5.10 Å². The molecule has 0 unspecified atom stereocenters. The van der Waals surface area contributed by atoms with Crippen LogP contribution in [0.25, 0.3) is 11.0 Å². The number of nitrogens with zero attached hydrogens (tertiary/aromatic N) is 6. The highest BCUT2D eigenvalue weighted by molar-refractivity contribution is 5.97. The van der Waals surface area contributed by atoms with Crippen molar-refractivity contribution in [1.82, 2.24) is 35.1 Å². The fraction of sp³-hybridized carbons (Fsp3) is 0.438. The van der Waals surface area contributed by atoms with Crippen molar-refractivity contribution < 1.29 is 9.53 Å². The van der Waals surface area contributed by atoms with Gasteiger partial charge < -0.3 is 9.64 Å². The summed E-state index contributed by atoms with van der Waals surface area (Å²) in [5.41, 5.74) is 2.20. The van der Waals surface area contributed by atoms with Gasteiger partial charge in [0.15, 0.2) is 5.82 Å². The second-order valence-electron chi connectivity index (χ2n) is 6.02. The van der Waals surface area contributed by atoms with Crippen molar-refractivity contribution in [1.29, 1.82) is 0 Å². The van der Waals surface area contributed by atoms with E-state index < -0.39 is 0 Å². The number of ether oxygens (including phenoxy) is 1. The maximum absolute atomic E-state index is 12.9. The van der Waals surface area contributed by atoms with E-state index in [1.54, 1.807) is 21.7 Å². The van der Waals surface area contributed by atoms with E-state index in [0.717, 1.165) is 17.8 Å². The lowest BCUT2D eigenvalue weighted by Gasteiger charge is -2.31. The summed E-state index contributed by atoms with van der Waals surface area (Å²) in [6.07, 6.45) is 0.468. The van der Waals surface area contributed by atoms with Crippen LogP contribution in [-0.2, 0) is 18.2 Å². The molecule has 1 aliphatic rings. The molecule has 1 saturated heterocycles. The van der Waals surface area contributed by atoms with Gasteiger partial charge in [0.05, 0.1) is 18.7 Å². The summed E-state index contributed by atoms with van der Waals surface area (Å²) in [7, 11) is 1.82. The van der Waals surface area contributed by atoms with Gasteiger partial charge in [-0.3, -0.25) is 9.89 Å². The molecule has 0 radical (unpaired) electrons. The Hall–Kier alpha value is -2.81. The van der Waals surface area contributed by atoms with E-state index in [2.05, 4.69) is 25.5 Å². The van der Waals surface area contributed by atoms with Crippen molar-refractivity contribution in [2.75, 3.05) is 19.7 Å². The van der Waals surface area contributed by atoms with Crippen LogP contribution in [0.15, 0.2) is 18.2 Å². The lowest BCUT2D eigenvalue weighted by atomic mass is 10.1. The van der Waals surface area contributed by atoms with Crippen LogP contribution in [0.2, 0.25) is 0 Å². The van der Waals surface area contributed by atoms with Crippen molar-refractivity contribution in [3.63, 3.8) is 0 Å². The first kappa shape index (κ1) is 15.7. The third kappa shape index (κ3) is 2.86. The topological polar surface area (TPSA) is 102 Å². The van der Waals surface area contributed by atoms with E-state index in [-0.39, 0.29) is 12.0 Å². The largest absolute Gasteiger partial charge is 0.366 e. The quantitative estimate of drug-likeness (QED) is 0.758. The van der Waals surface area contributed by atoms with Crippen LogP contribution < -0.4 is 0 Å². The van der Waals surface area contributed by atoms with Crippen molar-refractivity contribution in [3.8, 4) is 0 Å². The van der Waals surface area contributed by atoms with Crippen molar-refractivity contribution in [3.05, 3.63) is 35.4 Å². The van der Waals surface area contributed by atoms with E-state index >= 15 is 0 Å². The van der Waals surface area contributed by atoms with Gasteiger partial charge in [-0.1, -0.05) is 12.1 Å². The minimum atomic E-state index is -0.311. The van der Waals surface area contributed by atoms with Crippen molar-refractivity contribution in [2.45, 2.75) is 19.4 Å². The first-order chi connectivity index (χ1) is 12.2. The molecule has 4 rings (SSSR count). The van der Waals surface area contributed by atoms with Crippen LogP contribution in [0.3, 0.4) is 0 Å². The van der Waals surface area contributed by atoms with Crippen LogP contribution in [-0.4, -0.2) is 60.7 Å². The molecule has 0 aliphatic carbocycles. The van der Waals surface area contributed by atoms with Gasteiger partial charge in [0.2, 0.25) is 0 Å². The number of benzene rings is 1. The van der Waals surface area contributed by atoms with Crippen LogP contribution >= 0.6 is 0 Å². The second kappa shape index (κ2) is 6.25. The highest BCUT2D eigenvalue weighted by Crippen LogP contribution is 2.22. The van der Waals surface area contributed by atoms with E-state index in [4.69, 9.17) is 4.74 Å². The molecule has 0 spiro atoms. The summed E-state index contributed by atoms with van der Waals surface area (Å²) in [6.45, 7) is 3.43. The Morgan fingerprint density at radius 3 is 3.12 bits per heavy atom. The zero-order valence-electron chi connectivity index (χ0n) is 14.1. The number of nitrogens with one attached hydrogen (secondary N) is 1. The van der Waals surface area contributed by atoms with Gasteiger partial charge >= 0.3 is 0 Å². The zero-order chi connectivity index (χ0) is 17.4. The SMILES string of the molecule is CCc1nc([C@@H]2CN(C(=O)c3ccc4c(c3)nnn4C)CCO2)n[nH]1. The molecule has 1 aliphatic heterocycles. The van der Waals surface area contributed by atoms with Gasteiger partial charge in [0.1, 0.15) is 17.4 Å². The number of aryl methyl sites for hydroxylation is 2. The number of rotatable bonds is 3. The Labute approximate surface area is 144 Å². The summed E-state index contributed by atoms with van der Waals surface area (Å²) < 4.78 is 7.43. The molecule has 1 N–H and O–H groups in total. The molecular weight excluding hydrogens is 322 g/mol. The molecule has 1 amide bonds. The lowest BCUT2D eigenvalue weighted by Crippen LogP contribution is -2.42. The molecule has 2 aromatic heterocycles. The summed E-state index contributed by atoms with van der Waals surface area (Å²) in [6, 6.07) is 5.45. The standard InChI is InChI=1S/C16H19N7O2/c1-3-14-17-15(20-19-14)13-9-23(6-7-25-13)16(24)10-4-5-12-11(8-10)18-21-22(12)2/h4-5,8,13H,3,6-7,9H2,1-2H3,(H,17,19,20)/t13-/m0/s1. The molecule has 9 heteroatoms. The van der Waals surface area contributed by atoms with E-state index in [9.17, 15) is 4.79 Å². The fourth-order valence-electron chi connectivity index (χ4n) is 2.96. The number of fused-ring (bicyclic) bond motifs is 1. The normalized spacial score (nSPS) is 18.0. The molecule has 130 valence electrons. The highest BCUT2D eigenvalue weighted by Gasteiger charge is 2.28. The van der Waals surface area contributed by atoms with Crippen LogP contribution in [0.5, 0.6) is 0 Å². The van der Waals surface area contributed by atoms with Crippen LogP contribution in [0, 0.1) is 0 Å². The third-order valence-corrected chi connectivity index (χ3v) is 4.38. The molecule has 0 saturated carbocycles. The van der Waals surface area contributed by atoms with Crippen molar-refractivity contribution in [2.24, 2.45) is 7.05 Å². The minimum Gasteiger partial charge on any atom is -0.366 e. The number of H-pyrrole nitrogens is 1. The monoisotopic (exact) mass is 341 g/mol. The predicted molar refractivity (Wildman–Crippen MR) is 88.9 cm³/mol. The number of carbonyl (C=O) groups is 1. The maximum Gasteiger partial charge on any atom is 0.254 e. The zero-order valence-corrected chi connectivity index (χ0v) is 14.1. The number of hydrogen-bond donors (Lipinski definition) is 1. The van der Waals surface area contributed by atoms with Gasteiger partial charge in [-0.25, -0.2) is 9.67 Å². The minimum absolute atomic E-state index is 0.0490. The van der Waals surface area contributed by atoms with Gasteiger partial charge in [-0.15, -0.1) is 5.10 Å². The predicted octanol–water partition coefficient (Wildman–Crippen LogP) is 0.862. The molecule has 3 heterocycles. The number of carbonyl (C=O) groups excluding carboxylic acids is 1. The summed E-state index contributed by atoms with van der Waals surface area (Å²) in [5, 5.41) is 15.1. The van der Waals surface area contributed by atoms with E-state index in [1.165, 1.54) is 0 Å². The Kier molecular flexibility index (Phi) is 3.92. The average Bonchev–Trinajstić information content (AvgIpc) is 3.28.